The minimum absolute atomic E-state index is 0.0142. The number of amides is 1. The van der Waals surface area contributed by atoms with Crippen LogP contribution >= 0.6 is 22.9 Å². The summed E-state index contributed by atoms with van der Waals surface area (Å²) in [5.41, 5.74) is 1.73. The fraction of sp³-hybridized carbons (Fsp3) is 0.278. The normalized spacial score (nSPS) is 11.8. The van der Waals surface area contributed by atoms with Crippen molar-refractivity contribution in [2.75, 3.05) is 20.6 Å². The lowest BCUT2D eigenvalue weighted by Crippen LogP contribution is -2.24. The quantitative estimate of drug-likeness (QED) is 0.859. The van der Waals surface area contributed by atoms with Crippen LogP contribution in [0.5, 0.6) is 5.06 Å². The molecule has 1 aliphatic heterocycles. The number of hydrogen-bond acceptors (Lipinski definition) is 5. The van der Waals surface area contributed by atoms with E-state index in [1.807, 2.05) is 12.3 Å². The van der Waals surface area contributed by atoms with Gasteiger partial charge in [-0.2, -0.15) is 0 Å². The Morgan fingerprint density at radius 2 is 2.08 bits per heavy atom. The second-order valence-corrected chi connectivity index (χ2v) is 7.16. The van der Waals surface area contributed by atoms with E-state index in [0.29, 0.717) is 15.6 Å². The minimum Gasteiger partial charge on any atom is -0.481 e. The number of benzene rings is 1. The smallest absolute Gasteiger partial charge is 0.415 e. The second-order valence-electron chi connectivity index (χ2n) is 5.65. The highest BCUT2D eigenvalue weighted by atomic mass is 35.5. The zero-order chi connectivity index (χ0) is 19.1. The van der Waals surface area contributed by atoms with E-state index >= 15 is 0 Å². The number of carbonyl (C=O) groups is 2. The van der Waals surface area contributed by atoms with Gasteiger partial charge in [-0.15, -0.1) is 11.3 Å². The van der Waals surface area contributed by atoms with Crippen LogP contribution in [0.2, 0.25) is 5.02 Å². The van der Waals surface area contributed by atoms with Gasteiger partial charge >= 0.3 is 12.1 Å². The van der Waals surface area contributed by atoms with Crippen LogP contribution < -0.4 is 4.74 Å². The minimum atomic E-state index is -0.863. The van der Waals surface area contributed by atoms with Gasteiger partial charge in [-0.3, -0.25) is 9.79 Å². The molecule has 0 aliphatic carbocycles. The van der Waals surface area contributed by atoms with Gasteiger partial charge in [0.15, 0.2) is 5.06 Å². The monoisotopic (exact) mass is 394 g/mol. The third-order valence-corrected chi connectivity index (χ3v) is 4.83. The molecule has 0 atom stereocenters. The average molecular weight is 395 g/mol. The molecular weight excluding hydrogens is 376 g/mol. The van der Waals surface area contributed by atoms with Crippen molar-refractivity contribution in [2.24, 2.45) is 4.99 Å². The number of aliphatic imine (C=N–C) groups is 1. The predicted molar refractivity (Wildman–Crippen MR) is 103 cm³/mol. The number of ether oxygens (including phenoxy) is 1. The van der Waals surface area contributed by atoms with Gasteiger partial charge < -0.3 is 14.7 Å². The number of carbonyl (C=O) groups excluding carboxylic acids is 1. The summed E-state index contributed by atoms with van der Waals surface area (Å²) in [4.78, 5) is 28.4. The van der Waals surface area contributed by atoms with Crippen LogP contribution in [0.15, 0.2) is 35.3 Å². The van der Waals surface area contributed by atoms with E-state index in [0.717, 1.165) is 18.5 Å². The molecule has 26 heavy (non-hydrogen) atoms. The summed E-state index contributed by atoms with van der Waals surface area (Å²) in [5.74, 6) is -0.863. The highest BCUT2D eigenvalue weighted by molar-refractivity contribution is 7.14. The Morgan fingerprint density at radius 1 is 1.35 bits per heavy atom. The van der Waals surface area contributed by atoms with Crippen molar-refractivity contribution in [3.05, 3.63) is 51.4 Å². The molecule has 8 heteroatoms. The topological polar surface area (TPSA) is 79.2 Å². The van der Waals surface area contributed by atoms with E-state index in [2.05, 4.69) is 4.99 Å². The first-order chi connectivity index (χ1) is 12.4. The van der Waals surface area contributed by atoms with E-state index in [1.54, 1.807) is 38.4 Å². The van der Waals surface area contributed by atoms with Crippen LogP contribution in [0.3, 0.4) is 0 Å². The fourth-order valence-electron chi connectivity index (χ4n) is 2.08. The summed E-state index contributed by atoms with van der Waals surface area (Å²) in [6.07, 6.45) is 2.42. The molecule has 2 heterocycles. The Labute approximate surface area is 160 Å². The number of halogens is 1. The molecule has 1 aromatic carbocycles. The number of aliphatic carboxylic acids is 1. The van der Waals surface area contributed by atoms with Crippen molar-refractivity contribution in [2.45, 2.75) is 12.8 Å². The standard InChI is InChI=1S/C10H12N2O2S.C8H7ClO2/c1-12(2)10(13)14-9-5-7-6-11-4-3-8(7)15-9;9-7-4-2-1-3-6(7)5-8(10)11/h5-6H,3-4H2,1-2H3;1-4H,5H2,(H,10,11). The lowest BCUT2D eigenvalue weighted by atomic mass is 10.1. The van der Waals surface area contributed by atoms with Gasteiger partial charge in [-0.05, 0) is 11.6 Å². The maximum absolute atomic E-state index is 11.3. The molecule has 138 valence electrons. The molecule has 1 aromatic heterocycles. The number of hydrogen-bond donors (Lipinski definition) is 1. The van der Waals surface area contributed by atoms with Gasteiger partial charge in [0.2, 0.25) is 0 Å². The van der Waals surface area contributed by atoms with Crippen LogP contribution in [0.1, 0.15) is 16.0 Å². The Morgan fingerprint density at radius 3 is 2.69 bits per heavy atom. The molecule has 0 bridgehead atoms. The Kier molecular flexibility index (Phi) is 7.17. The van der Waals surface area contributed by atoms with Crippen molar-refractivity contribution in [1.82, 2.24) is 4.90 Å². The number of rotatable bonds is 3. The summed E-state index contributed by atoms with van der Waals surface area (Å²) in [6, 6.07) is 8.79. The number of carboxylic acid groups (broad SMARTS) is 1. The van der Waals surface area contributed by atoms with Gasteiger partial charge in [-0.1, -0.05) is 29.8 Å². The first-order valence-electron chi connectivity index (χ1n) is 7.83. The van der Waals surface area contributed by atoms with Crippen LogP contribution in [-0.2, 0) is 17.6 Å². The van der Waals surface area contributed by atoms with Crippen LogP contribution in [0.25, 0.3) is 0 Å². The Bertz CT molecular complexity index is 817. The average Bonchev–Trinajstić information content (AvgIpc) is 2.99. The van der Waals surface area contributed by atoms with Gasteiger partial charge in [0.05, 0.1) is 6.42 Å². The molecule has 0 fully saturated rings. The van der Waals surface area contributed by atoms with Crippen LogP contribution in [-0.4, -0.2) is 48.9 Å². The van der Waals surface area contributed by atoms with E-state index in [1.165, 1.54) is 21.1 Å². The summed E-state index contributed by atoms with van der Waals surface area (Å²) in [7, 11) is 3.33. The summed E-state index contributed by atoms with van der Waals surface area (Å²) in [5, 5.41) is 9.59. The van der Waals surface area contributed by atoms with E-state index < -0.39 is 5.97 Å². The molecule has 6 nitrogen and oxygen atoms in total. The zero-order valence-electron chi connectivity index (χ0n) is 14.4. The van der Waals surface area contributed by atoms with Crippen molar-refractivity contribution >= 4 is 41.2 Å². The molecule has 3 rings (SSSR count). The summed E-state index contributed by atoms with van der Waals surface area (Å²) >= 11 is 7.23. The van der Waals surface area contributed by atoms with Gasteiger partial charge in [0.1, 0.15) is 0 Å². The maximum atomic E-state index is 11.3. The van der Waals surface area contributed by atoms with E-state index in [-0.39, 0.29) is 12.5 Å². The van der Waals surface area contributed by atoms with Gasteiger partial charge in [-0.25, -0.2) is 4.79 Å². The lowest BCUT2D eigenvalue weighted by Gasteiger charge is -2.08. The highest BCUT2D eigenvalue weighted by Crippen LogP contribution is 2.30. The largest absolute Gasteiger partial charge is 0.481 e. The number of carboxylic acids is 1. The molecule has 2 aromatic rings. The summed E-state index contributed by atoms with van der Waals surface area (Å²) < 4.78 is 5.17. The third kappa shape index (κ3) is 5.86. The van der Waals surface area contributed by atoms with Crippen molar-refractivity contribution in [1.29, 1.82) is 0 Å². The summed E-state index contributed by atoms with van der Waals surface area (Å²) in [6.45, 7) is 0.828. The molecule has 0 spiro atoms. The van der Waals surface area contributed by atoms with Crippen molar-refractivity contribution in [3.63, 3.8) is 0 Å². The molecule has 0 saturated carbocycles. The highest BCUT2D eigenvalue weighted by Gasteiger charge is 2.14. The van der Waals surface area contributed by atoms with Gasteiger partial charge in [0.25, 0.3) is 0 Å². The van der Waals surface area contributed by atoms with E-state index in [9.17, 15) is 9.59 Å². The SMILES string of the molecule is CN(C)C(=O)Oc1cc2c(s1)CCN=C2.O=C(O)Cc1ccccc1Cl. The molecule has 0 radical (unpaired) electrons. The van der Waals surface area contributed by atoms with Gasteiger partial charge in [0, 0.05) is 54.8 Å². The number of nitrogens with zero attached hydrogens (tertiary/aromatic N) is 2. The van der Waals surface area contributed by atoms with Crippen LogP contribution in [0.4, 0.5) is 4.79 Å². The zero-order valence-corrected chi connectivity index (χ0v) is 16.0. The second kappa shape index (κ2) is 9.35. The molecule has 1 aliphatic rings. The lowest BCUT2D eigenvalue weighted by molar-refractivity contribution is -0.136. The molecule has 1 N–H and O–H groups in total. The first-order valence-corrected chi connectivity index (χ1v) is 9.03. The number of fused-ring (bicyclic) bond motifs is 1. The molecule has 0 unspecified atom stereocenters. The molecule has 1 amide bonds. The Hall–Kier alpha value is -2.38. The third-order valence-electron chi connectivity index (χ3n) is 3.37. The van der Waals surface area contributed by atoms with Crippen LogP contribution in [0, 0.1) is 0 Å². The first kappa shape index (κ1) is 19.9. The molecular formula is C18H19ClN2O4S. The predicted octanol–water partition coefficient (Wildman–Crippen LogP) is 3.75. The van der Waals surface area contributed by atoms with Crippen molar-refractivity contribution in [3.8, 4) is 5.06 Å². The van der Waals surface area contributed by atoms with E-state index in [4.69, 9.17) is 21.4 Å². The number of thiophene rings is 1. The molecule has 0 saturated heterocycles. The van der Waals surface area contributed by atoms with Crippen molar-refractivity contribution < 1.29 is 19.4 Å². The maximum Gasteiger partial charge on any atom is 0.415 e. The Balaban J connectivity index is 0.000000197. The fourth-order valence-corrected chi connectivity index (χ4v) is 3.25.